The predicted octanol–water partition coefficient (Wildman–Crippen LogP) is 3.55. The Bertz CT molecular complexity index is 1400. The van der Waals surface area contributed by atoms with Crippen molar-refractivity contribution in [2.24, 2.45) is 5.92 Å². The van der Waals surface area contributed by atoms with E-state index in [2.05, 4.69) is 20.6 Å². The fraction of sp³-hybridized carbons (Fsp3) is 0.606. The molecule has 0 radical (unpaired) electrons. The second-order valence-electron chi connectivity index (χ2n) is 12.8. The van der Waals surface area contributed by atoms with E-state index in [4.69, 9.17) is 0 Å². The highest BCUT2D eigenvalue weighted by Crippen LogP contribution is 2.38. The van der Waals surface area contributed by atoms with Crippen molar-refractivity contribution < 1.29 is 32.3 Å². The number of rotatable bonds is 12. The van der Waals surface area contributed by atoms with Crippen LogP contribution in [0.4, 0.5) is 13.2 Å². The van der Waals surface area contributed by atoms with Crippen LogP contribution in [0, 0.1) is 11.7 Å². The summed E-state index contributed by atoms with van der Waals surface area (Å²) >= 11 is 0. The van der Waals surface area contributed by atoms with Crippen molar-refractivity contribution in [1.82, 2.24) is 30.2 Å². The van der Waals surface area contributed by atoms with Crippen molar-refractivity contribution in [3.8, 4) is 0 Å². The highest BCUT2D eigenvalue weighted by molar-refractivity contribution is 5.97. The molecule has 1 aromatic heterocycles. The van der Waals surface area contributed by atoms with Gasteiger partial charge in [-0.3, -0.25) is 23.9 Å². The predicted molar refractivity (Wildman–Crippen MR) is 166 cm³/mol. The van der Waals surface area contributed by atoms with Crippen LogP contribution in [-0.4, -0.2) is 94.3 Å². The molecule has 2 heterocycles. The van der Waals surface area contributed by atoms with Crippen molar-refractivity contribution in [1.29, 1.82) is 0 Å². The quantitative estimate of drug-likeness (QED) is 0.365. The Morgan fingerprint density at radius 1 is 1.02 bits per heavy atom. The third kappa shape index (κ3) is 8.95. The summed E-state index contributed by atoms with van der Waals surface area (Å²) in [6, 6.07) is 3.76. The van der Waals surface area contributed by atoms with Crippen molar-refractivity contribution in [2.75, 3.05) is 33.2 Å². The van der Waals surface area contributed by atoms with E-state index in [-0.39, 0.29) is 61.2 Å². The molecule has 1 aliphatic carbocycles. The molecule has 4 rings (SSSR count). The number of carbonyl (C=O) groups is 4. The highest BCUT2D eigenvalue weighted by Gasteiger charge is 2.40. The first-order valence-corrected chi connectivity index (χ1v) is 16.1. The molecule has 0 spiro atoms. The number of benzene rings is 1. The molecule has 1 saturated heterocycles. The van der Waals surface area contributed by atoms with Gasteiger partial charge in [-0.25, -0.2) is 13.2 Å². The van der Waals surface area contributed by atoms with Crippen molar-refractivity contribution in [2.45, 2.75) is 89.8 Å². The van der Waals surface area contributed by atoms with Crippen LogP contribution in [0.3, 0.4) is 0 Å². The van der Waals surface area contributed by atoms with Gasteiger partial charge in [0.2, 0.25) is 17.7 Å². The molecule has 46 heavy (non-hydrogen) atoms. The molecule has 0 bridgehead atoms. The molecule has 2 atom stereocenters. The molecule has 2 fully saturated rings. The lowest BCUT2D eigenvalue weighted by molar-refractivity contribution is -0.137. The summed E-state index contributed by atoms with van der Waals surface area (Å²) in [5.41, 5.74) is 0.792. The molecule has 10 nitrogen and oxygen atoms in total. The second kappa shape index (κ2) is 15.2. The first kappa shape index (κ1) is 35.1. The van der Waals surface area contributed by atoms with Crippen LogP contribution < -0.4 is 10.6 Å². The fourth-order valence-corrected chi connectivity index (χ4v) is 6.12. The molecular weight excluding hydrogens is 601 g/mol. The van der Waals surface area contributed by atoms with E-state index in [1.807, 2.05) is 20.9 Å². The zero-order valence-electron chi connectivity index (χ0n) is 27.0. The molecule has 3 amide bonds. The number of hydrogen-bond donors (Lipinski definition) is 2. The van der Waals surface area contributed by atoms with Crippen LogP contribution in [0.5, 0.6) is 0 Å². The molecule has 2 aromatic rings. The van der Waals surface area contributed by atoms with Crippen molar-refractivity contribution in [3.05, 3.63) is 53.1 Å². The zero-order chi connectivity index (χ0) is 33.6. The molecule has 252 valence electrons. The lowest BCUT2D eigenvalue weighted by Crippen LogP contribution is -2.54. The number of nitrogens with zero attached hydrogens (tertiary/aromatic N) is 4. The monoisotopic (exact) mass is 646 g/mol. The number of nitrogens with one attached hydrogen (secondary N) is 2. The van der Waals surface area contributed by atoms with E-state index < -0.39 is 54.3 Å². The molecule has 1 saturated carbocycles. The van der Waals surface area contributed by atoms with E-state index in [9.17, 15) is 28.0 Å². The van der Waals surface area contributed by atoms with Gasteiger partial charge in [-0.1, -0.05) is 19.1 Å². The standard InChI is InChI=1S/C33H45F3N6O4/c1-5-29(44)38-26(32(46)41-16-14-40(4)15-17-41)19-22-6-7-24(25(34)18-22)20-28(43)30(23-8-11-33(35,36)12-9-23)39-31(45)27-10-13-37-42(27)21(2)3/h6-7,10,13,18,21,23,26,30H,5,8-9,11-12,14-17,19-20H2,1-4H3,(H,38,44)(H,39,45)/t26-,30+/m1/s1. The normalized spacial score (nSPS) is 18.7. The largest absolute Gasteiger partial charge is 0.344 e. The Labute approximate surface area is 268 Å². The third-order valence-corrected chi connectivity index (χ3v) is 8.95. The SMILES string of the molecule is CCC(=O)N[C@H](Cc1ccc(CC(=O)[C@@H](NC(=O)c2ccnn2C(C)C)C2CCC(F)(F)CC2)c(F)c1)C(=O)N1CCN(C)CC1. The summed E-state index contributed by atoms with van der Waals surface area (Å²) in [4.78, 5) is 56.3. The molecule has 0 unspecified atom stereocenters. The number of hydrogen-bond acceptors (Lipinski definition) is 6. The van der Waals surface area contributed by atoms with Crippen molar-refractivity contribution >= 4 is 23.5 Å². The van der Waals surface area contributed by atoms with Crippen LogP contribution >= 0.6 is 0 Å². The zero-order valence-corrected chi connectivity index (χ0v) is 27.0. The maximum atomic E-state index is 15.5. The molecular formula is C33H45F3N6O4. The summed E-state index contributed by atoms with van der Waals surface area (Å²) in [5, 5.41) is 9.69. The van der Waals surface area contributed by atoms with Gasteiger partial charge in [-0.2, -0.15) is 5.10 Å². The fourth-order valence-electron chi connectivity index (χ4n) is 6.12. The van der Waals surface area contributed by atoms with E-state index in [0.29, 0.717) is 31.7 Å². The minimum atomic E-state index is -2.83. The number of piperazine rings is 1. The van der Waals surface area contributed by atoms with Gasteiger partial charge in [0.15, 0.2) is 5.78 Å². The van der Waals surface area contributed by atoms with Crippen LogP contribution in [0.15, 0.2) is 30.5 Å². The average Bonchev–Trinajstić information content (AvgIpc) is 3.52. The lowest BCUT2D eigenvalue weighted by Gasteiger charge is -2.35. The number of amides is 3. The minimum absolute atomic E-state index is 0.0424. The highest BCUT2D eigenvalue weighted by atomic mass is 19.3. The Morgan fingerprint density at radius 2 is 1.70 bits per heavy atom. The molecule has 2 N–H and O–H groups in total. The van der Waals surface area contributed by atoms with Gasteiger partial charge in [0.05, 0.1) is 6.04 Å². The number of ketones is 1. The second-order valence-corrected chi connectivity index (χ2v) is 12.8. The van der Waals surface area contributed by atoms with Crippen LogP contribution in [-0.2, 0) is 27.2 Å². The molecule has 2 aliphatic rings. The third-order valence-electron chi connectivity index (χ3n) is 8.95. The van der Waals surface area contributed by atoms with Crippen LogP contribution in [0.2, 0.25) is 0 Å². The lowest BCUT2D eigenvalue weighted by atomic mass is 9.79. The summed E-state index contributed by atoms with van der Waals surface area (Å²) in [7, 11) is 1.97. The minimum Gasteiger partial charge on any atom is -0.344 e. The number of alkyl halides is 2. The van der Waals surface area contributed by atoms with Gasteiger partial charge in [-0.15, -0.1) is 0 Å². The Kier molecular flexibility index (Phi) is 11.6. The van der Waals surface area contributed by atoms with E-state index in [0.717, 1.165) is 0 Å². The number of carbonyl (C=O) groups excluding carboxylic acids is 4. The van der Waals surface area contributed by atoms with Gasteiger partial charge in [-0.05, 0) is 62.9 Å². The van der Waals surface area contributed by atoms with E-state index in [1.165, 1.54) is 29.1 Å². The van der Waals surface area contributed by atoms with Gasteiger partial charge in [0, 0.05) is 70.5 Å². The number of halogens is 3. The van der Waals surface area contributed by atoms with Crippen LogP contribution in [0.1, 0.15) is 80.5 Å². The Balaban J connectivity index is 1.50. The summed E-state index contributed by atoms with van der Waals surface area (Å²) < 4.78 is 44.9. The van der Waals surface area contributed by atoms with Crippen LogP contribution in [0.25, 0.3) is 0 Å². The first-order chi connectivity index (χ1) is 21.8. The first-order valence-electron chi connectivity index (χ1n) is 16.1. The summed E-state index contributed by atoms with van der Waals surface area (Å²) in [6.07, 6.45) is 0.671. The maximum Gasteiger partial charge on any atom is 0.270 e. The molecule has 1 aromatic carbocycles. The topological polar surface area (TPSA) is 117 Å². The van der Waals surface area contributed by atoms with Gasteiger partial charge >= 0.3 is 0 Å². The number of Topliss-reactive ketones (excluding diaryl/α,β-unsaturated/α-hetero) is 1. The summed E-state index contributed by atoms with van der Waals surface area (Å²) in [6.45, 7) is 7.87. The molecule has 13 heteroatoms. The number of likely N-dealkylation sites (N-methyl/N-ethyl adjacent to an activating group) is 1. The number of aromatic nitrogens is 2. The molecule has 1 aliphatic heterocycles. The van der Waals surface area contributed by atoms with E-state index in [1.54, 1.807) is 17.9 Å². The Morgan fingerprint density at radius 3 is 2.30 bits per heavy atom. The van der Waals surface area contributed by atoms with Crippen molar-refractivity contribution in [3.63, 3.8) is 0 Å². The van der Waals surface area contributed by atoms with Gasteiger partial charge in [0.1, 0.15) is 17.6 Å². The maximum absolute atomic E-state index is 15.5. The smallest absolute Gasteiger partial charge is 0.270 e. The Hall–Kier alpha value is -3.74. The van der Waals surface area contributed by atoms with Gasteiger partial charge in [0.25, 0.3) is 5.91 Å². The van der Waals surface area contributed by atoms with Gasteiger partial charge < -0.3 is 20.4 Å². The van der Waals surface area contributed by atoms with E-state index >= 15 is 4.39 Å². The summed E-state index contributed by atoms with van der Waals surface area (Å²) in [5.74, 6) is -5.59. The average molecular weight is 647 g/mol.